The SMILES string of the molecule is CCN(c1ccnc(C(=O)OC)c1)C1CC2CCC(C1)N2. The molecule has 21 heavy (non-hydrogen) atoms. The number of aromatic nitrogens is 1. The predicted octanol–water partition coefficient (Wildman–Crippen LogP) is 1.98. The molecule has 1 N–H and O–H groups in total. The topological polar surface area (TPSA) is 54.5 Å². The molecule has 0 amide bonds. The molecule has 0 aromatic carbocycles. The van der Waals surface area contributed by atoms with Crippen molar-refractivity contribution in [1.29, 1.82) is 0 Å². The lowest BCUT2D eigenvalue weighted by molar-refractivity contribution is 0.0594. The molecule has 0 aliphatic carbocycles. The first-order valence-corrected chi connectivity index (χ1v) is 7.78. The van der Waals surface area contributed by atoms with E-state index in [1.54, 1.807) is 6.20 Å². The number of ether oxygens (including phenoxy) is 1. The molecule has 2 fully saturated rings. The third-order valence-corrected chi connectivity index (χ3v) is 4.70. The molecule has 5 nitrogen and oxygen atoms in total. The zero-order chi connectivity index (χ0) is 14.8. The minimum Gasteiger partial charge on any atom is -0.464 e. The number of methoxy groups -OCH3 is 1. The van der Waals surface area contributed by atoms with E-state index < -0.39 is 0 Å². The van der Waals surface area contributed by atoms with Crippen molar-refractivity contribution in [1.82, 2.24) is 10.3 Å². The summed E-state index contributed by atoms with van der Waals surface area (Å²) in [6.07, 6.45) is 6.64. The summed E-state index contributed by atoms with van der Waals surface area (Å²) in [6.45, 7) is 3.11. The van der Waals surface area contributed by atoms with Crippen molar-refractivity contribution in [3.63, 3.8) is 0 Å². The van der Waals surface area contributed by atoms with Crippen LogP contribution in [0.2, 0.25) is 0 Å². The second-order valence-corrected chi connectivity index (χ2v) is 5.94. The molecule has 1 aromatic rings. The summed E-state index contributed by atoms with van der Waals surface area (Å²) in [5.41, 5.74) is 1.45. The van der Waals surface area contributed by atoms with Gasteiger partial charge in [0.05, 0.1) is 7.11 Å². The number of nitrogens with zero attached hydrogens (tertiary/aromatic N) is 2. The average Bonchev–Trinajstić information content (AvgIpc) is 2.86. The van der Waals surface area contributed by atoms with Gasteiger partial charge in [0.25, 0.3) is 0 Å². The Morgan fingerprint density at radius 3 is 2.76 bits per heavy atom. The Morgan fingerprint density at radius 2 is 2.14 bits per heavy atom. The van der Waals surface area contributed by atoms with Gasteiger partial charge in [0.1, 0.15) is 5.69 Å². The number of carbonyl (C=O) groups excluding carboxylic acids is 1. The van der Waals surface area contributed by atoms with Crippen LogP contribution in [0.5, 0.6) is 0 Å². The molecule has 2 atom stereocenters. The zero-order valence-electron chi connectivity index (χ0n) is 12.7. The molecule has 5 heteroatoms. The number of fused-ring (bicyclic) bond motifs is 2. The normalized spacial score (nSPS) is 27.4. The Balaban J connectivity index is 1.81. The Kier molecular flexibility index (Phi) is 4.10. The van der Waals surface area contributed by atoms with Gasteiger partial charge in [-0.3, -0.25) is 0 Å². The summed E-state index contributed by atoms with van der Waals surface area (Å²) in [7, 11) is 1.39. The number of rotatable bonds is 4. The number of carbonyl (C=O) groups is 1. The molecule has 2 bridgehead atoms. The lowest BCUT2D eigenvalue weighted by atomic mass is 9.97. The van der Waals surface area contributed by atoms with Crippen LogP contribution in [0.3, 0.4) is 0 Å². The number of esters is 1. The first-order chi connectivity index (χ1) is 10.2. The lowest BCUT2D eigenvalue weighted by Crippen LogP contribution is -2.48. The summed E-state index contributed by atoms with van der Waals surface area (Å²) in [5.74, 6) is -0.377. The molecule has 2 saturated heterocycles. The summed E-state index contributed by atoms with van der Waals surface area (Å²) < 4.78 is 4.76. The quantitative estimate of drug-likeness (QED) is 0.859. The molecule has 3 heterocycles. The van der Waals surface area contributed by atoms with E-state index in [1.807, 2.05) is 12.1 Å². The molecule has 3 rings (SSSR count). The molecular formula is C16H23N3O2. The Labute approximate surface area is 125 Å². The molecule has 2 unspecified atom stereocenters. The molecule has 0 radical (unpaired) electrons. The van der Waals surface area contributed by atoms with Gasteiger partial charge in [0, 0.05) is 36.6 Å². The summed E-state index contributed by atoms with van der Waals surface area (Å²) in [4.78, 5) is 18.2. The lowest BCUT2D eigenvalue weighted by Gasteiger charge is -2.38. The van der Waals surface area contributed by atoms with Gasteiger partial charge in [-0.1, -0.05) is 0 Å². The van der Waals surface area contributed by atoms with Gasteiger partial charge in [-0.05, 0) is 44.7 Å². The predicted molar refractivity (Wildman–Crippen MR) is 81.6 cm³/mol. The standard InChI is InChI=1S/C16H23N3O2/c1-3-19(14-8-11-4-5-12(9-14)18-11)13-6-7-17-15(10-13)16(20)21-2/h6-7,10-12,14,18H,3-5,8-9H2,1-2H3. The highest BCUT2D eigenvalue weighted by molar-refractivity contribution is 5.88. The number of pyridine rings is 1. The third-order valence-electron chi connectivity index (χ3n) is 4.70. The fraction of sp³-hybridized carbons (Fsp3) is 0.625. The van der Waals surface area contributed by atoms with Crippen LogP contribution >= 0.6 is 0 Å². The van der Waals surface area contributed by atoms with Crippen LogP contribution in [0.1, 0.15) is 43.1 Å². The molecule has 2 aliphatic rings. The van der Waals surface area contributed by atoms with Crippen LogP contribution in [0, 0.1) is 0 Å². The van der Waals surface area contributed by atoms with Crippen molar-refractivity contribution < 1.29 is 9.53 Å². The molecule has 0 saturated carbocycles. The molecule has 2 aliphatic heterocycles. The van der Waals surface area contributed by atoms with Crippen LogP contribution in [-0.4, -0.2) is 42.7 Å². The van der Waals surface area contributed by atoms with Gasteiger partial charge in [-0.2, -0.15) is 0 Å². The maximum Gasteiger partial charge on any atom is 0.356 e. The van der Waals surface area contributed by atoms with Crippen LogP contribution < -0.4 is 10.2 Å². The number of hydrogen-bond donors (Lipinski definition) is 1. The van der Waals surface area contributed by atoms with Crippen molar-refractivity contribution in [3.05, 3.63) is 24.0 Å². The van der Waals surface area contributed by atoms with E-state index >= 15 is 0 Å². The van der Waals surface area contributed by atoms with Gasteiger partial charge >= 0.3 is 5.97 Å². The van der Waals surface area contributed by atoms with E-state index in [-0.39, 0.29) is 5.97 Å². The summed E-state index contributed by atoms with van der Waals surface area (Å²) in [6, 6.07) is 5.69. The Bertz CT molecular complexity index is 508. The van der Waals surface area contributed by atoms with E-state index in [1.165, 1.54) is 32.8 Å². The highest BCUT2D eigenvalue weighted by Crippen LogP contribution is 2.32. The Morgan fingerprint density at radius 1 is 1.43 bits per heavy atom. The van der Waals surface area contributed by atoms with Crippen molar-refractivity contribution in [2.75, 3.05) is 18.6 Å². The fourth-order valence-corrected chi connectivity index (χ4v) is 3.75. The van der Waals surface area contributed by atoms with Gasteiger partial charge in [0.15, 0.2) is 0 Å². The van der Waals surface area contributed by atoms with Crippen LogP contribution in [0.4, 0.5) is 5.69 Å². The smallest absolute Gasteiger partial charge is 0.356 e. The number of anilines is 1. The maximum absolute atomic E-state index is 11.7. The van der Waals surface area contributed by atoms with Crippen molar-refractivity contribution >= 4 is 11.7 Å². The van der Waals surface area contributed by atoms with Crippen molar-refractivity contribution in [2.45, 2.75) is 50.7 Å². The number of piperidine rings is 1. The van der Waals surface area contributed by atoms with E-state index in [9.17, 15) is 4.79 Å². The number of nitrogens with one attached hydrogen (secondary N) is 1. The first-order valence-electron chi connectivity index (χ1n) is 7.78. The van der Waals surface area contributed by atoms with E-state index in [4.69, 9.17) is 4.74 Å². The van der Waals surface area contributed by atoms with Crippen molar-refractivity contribution in [2.24, 2.45) is 0 Å². The van der Waals surface area contributed by atoms with E-state index in [0.717, 1.165) is 12.2 Å². The second-order valence-electron chi connectivity index (χ2n) is 5.94. The first kappa shape index (κ1) is 14.3. The average molecular weight is 289 g/mol. The highest BCUT2D eigenvalue weighted by Gasteiger charge is 2.35. The van der Waals surface area contributed by atoms with E-state index in [2.05, 4.69) is 22.1 Å². The Hall–Kier alpha value is -1.62. The molecule has 0 spiro atoms. The van der Waals surface area contributed by atoms with Gasteiger partial charge in [-0.15, -0.1) is 0 Å². The van der Waals surface area contributed by atoms with Crippen LogP contribution in [0.25, 0.3) is 0 Å². The maximum atomic E-state index is 11.7. The second kappa shape index (κ2) is 6.02. The molecule has 1 aromatic heterocycles. The number of hydrogen-bond acceptors (Lipinski definition) is 5. The minimum atomic E-state index is -0.377. The third kappa shape index (κ3) is 2.88. The van der Waals surface area contributed by atoms with Crippen LogP contribution in [0.15, 0.2) is 18.3 Å². The van der Waals surface area contributed by atoms with Crippen LogP contribution in [-0.2, 0) is 4.74 Å². The largest absolute Gasteiger partial charge is 0.464 e. The summed E-state index contributed by atoms with van der Waals surface area (Å²) in [5, 5.41) is 3.68. The minimum absolute atomic E-state index is 0.377. The zero-order valence-corrected chi connectivity index (χ0v) is 12.7. The molecular weight excluding hydrogens is 266 g/mol. The van der Waals surface area contributed by atoms with Crippen molar-refractivity contribution in [3.8, 4) is 0 Å². The van der Waals surface area contributed by atoms with Gasteiger partial charge in [0.2, 0.25) is 0 Å². The molecule has 114 valence electrons. The highest BCUT2D eigenvalue weighted by atomic mass is 16.5. The monoisotopic (exact) mass is 289 g/mol. The fourth-order valence-electron chi connectivity index (χ4n) is 3.75. The van der Waals surface area contributed by atoms with Gasteiger partial charge < -0.3 is 15.0 Å². The van der Waals surface area contributed by atoms with E-state index in [0.29, 0.717) is 23.8 Å². The summed E-state index contributed by atoms with van der Waals surface area (Å²) >= 11 is 0. The van der Waals surface area contributed by atoms with Gasteiger partial charge in [-0.25, -0.2) is 9.78 Å².